The molecule has 0 fully saturated rings. The quantitative estimate of drug-likeness (QED) is 0.583. The number of thioether (sulfide) groups is 1. The summed E-state index contributed by atoms with van der Waals surface area (Å²) in [6.07, 6.45) is 2.27. The molecule has 0 aliphatic rings. The molecule has 1 aromatic heterocycles. The van der Waals surface area contributed by atoms with Gasteiger partial charge in [0.2, 0.25) is 0 Å². The Labute approximate surface area is 152 Å². The highest BCUT2D eigenvalue weighted by Gasteiger charge is 2.21. The number of amides is 1. The number of aromatic nitrogens is 1. The number of ether oxygens (including phenoxy) is 2. The molecule has 6 nitrogen and oxygen atoms in total. The molecule has 0 aliphatic heterocycles. The van der Waals surface area contributed by atoms with E-state index in [1.807, 2.05) is 0 Å². The minimum absolute atomic E-state index is 0.0290. The summed E-state index contributed by atoms with van der Waals surface area (Å²) >= 11 is 1.29. The Morgan fingerprint density at radius 3 is 2.50 bits per heavy atom. The van der Waals surface area contributed by atoms with Gasteiger partial charge in [-0.3, -0.25) is 4.79 Å². The second kappa shape index (κ2) is 9.14. The van der Waals surface area contributed by atoms with Crippen LogP contribution in [0, 0.1) is 0 Å². The van der Waals surface area contributed by atoms with Crippen LogP contribution in [0.25, 0.3) is 0 Å². The molecule has 0 bridgehead atoms. The molecule has 26 heavy (non-hydrogen) atoms. The maximum atomic E-state index is 12.2. The van der Waals surface area contributed by atoms with E-state index >= 15 is 0 Å². The third-order valence-corrected chi connectivity index (χ3v) is 3.90. The first-order chi connectivity index (χ1) is 12.4. The lowest BCUT2D eigenvalue weighted by Gasteiger charge is -2.14. The van der Waals surface area contributed by atoms with Crippen LogP contribution in [0.2, 0.25) is 0 Å². The zero-order chi connectivity index (χ0) is 19.1. The Kier molecular flexibility index (Phi) is 6.90. The molecule has 0 radical (unpaired) electrons. The smallest absolute Gasteiger partial charge is 0.387 e. The van der Waals surface area contributed by atoms with E-state index in [0.29, 0.717) is 10.7 Å². The Morgan fingerprint density at radius 2 is 1.88 bits per heavy atom. The topological polar surface area (TPSA) is 77.5 Å². The molecular formula is C17H16F2N2O4S. The van der Waals surface area contributed by atoms with Gasteiger partial charge in [0.05, 0.1) is 5.56 Å². The van der Waals surface area contributed by atoms with Crippen LogP contribution < -0.4 is 10.1 Å². The molecule has 0 aliphatic carbocycles. The molecule has 1 aromatic carbocycles. The minimum atomic E-state index is -2.92. The summed E-state index contributed by atoms with van der Waals surface area (Å²) in [6.45, 7) is -1.50. The maximum absolute atomic E-state index is 12.2. The van der Waals surface area contributed by atoms with Crippen LogP contribution >= 0.6 is 11.8 Å². The van der Waals surface area contributed by atoms with E-state index in [9.17, 15) is 18.4 Å². The van der Waals surface area contributed by atoms with Crippen LogP contribution in [-0.2, 0) is 9.53 Å². The number of benzene rings is 1. The summed E-state index contributed by atoms with van der Waals surface area (Å²) in [4.78, 5) is 28.4. The van der Waals surface area contributed by atoms with Crippen molar-refractivity contribution in [3.63, 3.8) is 0 Å². The van der Waals surface area contributed by atoms with E-state index in [1.165, 1.54) is 43.0 Å². The number of anilines is 1. The summed E-state index contributed by atoms with van der Waals surface area (Å²) in [7, 11) is 0. The van der Waals surface area contributed by atoms with Crippen LogP contribution in [0.1, 0.15) is 17.3 Å². The van der Waals surface area contributed by atoms with Crippen molar-refractivity contribution < 1.29 is 27.8 Å². The molecule has 0 saturated carbocycles. The fraction of sp³-hybridized carbons (Fsp3) is 0.235. The Hall–Kier alpha value is -2.68. The van der Waals surface area contributed by atoms with Crippen LogP contribution in [0.3, 0.4) is 0 Å². The first-order valence-corrected chi connectivity index (χ1v) is 8.69. The van der Waals surface area contributed by atoms with Gasteiger partial charge in [0.25, 0.3) is 5.91 Å². The first kappa shape index (κ1) is 19.6. The number of nitrogens with zero attached hydrogens (tertiary/aromatic N) is 1. The molecular weight excluding hydrogens is 366 g/mol. The number of pyridine rings is 1. The van der Waals surface area contributed by atoms with Gasteiger partial charge < -0.3 is 14.8 Å². The standard InChI is InChI=1S/C17H16F2N2O4S/c1-10(24-16(23)13-4-3-9-20-15(13)26-2)14(22)21-11-5-7-12(8-6-11)25-17(18)19/h3-10,17H,1-2H3,(H,21,22)/t10-/m0/s1. The van der Waals surface area contributed by atoms with Gasteiger partial charge in [-0.1, -0.05) is 0 Å². The summed E-state index contributed by atoms with van der Waals surface area (Å²) in [5.74, 6) is -1.25. The molecule has 1 N–H and O–H groups in total. The van der Waals surface area contributed by atoms with Crippen LogP contribution in [-0.4, -0.2) is 35.8 Å². The number of carbonyl (C=O) groups excluding carboxylic acids is 2. The highest BCUT2D eigenvalue weighted by molar-refractivity contribution is 7.98. The number of hydrogen-bond acceptors (Lipinski definition) is 6. The van der Waals surface area contributed by atoms with Crippen molar-refractivity contribution in [2.24, 2.45) is 0 Å². The van der Waals surface area contributed by atoms with E-state index in [4.69, 9.17) is 4.74 Å². The number of rotatable bonds is 7. The molecule has 2 aromatic rings. The summed E-state index contributed by atoms with van der Waals surface area (Å²) in [5, 5.41) is 3.03. The van der Waals surface area contributed by atoms with Crippen LogP contribution in [0.15, 0.2) is 47.6 Å². The van der Waals surface area contributed by atoms with Crippen molar-refractivity contribution in [1.82, 2.24) is 4.98 Å². The predicted molar refractivity (Wildman–Crippen MR) is 92.6 cm³/mol. The zero-order valence-corrected chi connectivity index (χ0v) is 14.8. The molecule has 1 amide bonds. The second-order valence-electron chi connectivity index (χ2n) is 5.00. The molecule has 0 saturated heterocycles. The lowest BCUT2D eigenvalue weighted by atomic mass is 10.2. The predicted octanol–water partition coefficient (Wildman–Crippen LogP) is 3.59. The minimum Gasteiger partial charge on any atom is -0.449 e. The van der Waals surface area contributed by atoms with Gasteiger partial charge in [-0.05, 0) is 49.6 Å². The fourth-order valence-electron chi connectivity index (χ4n) is 1.95. The normalized spacial score (nSPS) is 11.7. The fourth-order valence-corrected chi connectivity index (χ4v) is 2.49. The van der Waals surface area contributed by atoms with Crippen molar-refractivity contribution in [2.75, 3.05) is 11.6 Å². The monoisotopic (exact) mass is 382 g/mol. The molecule has 1 atom stereocenters. The summed E-state index contributed by atoms with van der Waals surface area (Å²) in [5.41, 5.74) is 0.624. The van der Waals surface area contributed by atoms with Crippen LogP contribution in [0.5, 0.6) is 5.75 Å². The number of halogens is 2. The maximum Gasteiger partial charge on any atom is 0.387 e. The average Bonchev–Trinajstić information content (AvgIpc) is 2.62. The first-order valence-electron chi connectivity index (χ1n) is 7.46. The third-order valence-electron chi connectivity index (χ3n) is 3.18. The molecule has 0 unspecified atom stereocenters. The largest absolute Gasteiger partial charge is 0.449 e. The summed E-state index contributed by atoms with van der Waals surface area (Å²) in [6, 6.07) is 8.55. The van der Waals surface area contributed by atoms with E-state index in [-0.39, 0.29) is 11.3 Å². The van der Waals surface area contributed by atoms with Crippen molar-refractivity contribution in [1.29, 1.82) is 0 Å². The lowest BCUT2D eigenvalue weighted by molar-refractivity contribution is -0.123. The highest BCUT2D eigenvalue weighted by Crippen LogP contribution is 2.20. The van der Waals surface area contributed by atoms with Crippen molar-refractivity contribution >= 4 is 29.3 Å². The van der Waals surface area contributed by atoms with E-state index in [0.717, 1.165) is 0 Å². The third kappa shape index (κ3) is 5.41. The molecule has 1 heterocycles. The van der Waals surface area contributed by atoms with Gasteiger partial charge in [0.1, 0.15) is 10.8 Å². The van der Waals surface area contributed by atoms with Gasteiger partial charge in [-0.15, -0.1) is 11.8 Å². The van der Waals surface area contributed by atoms with Crippen molar-refractivity contribution in [2.45, 2.75) is 24.7 Å². The van der Waals surface area contributed by atoms with Gasteiger partial charge in [-0.2, -0.15) is 8.78 Å². The zero-order valence-electron chi connectivity index (χ0n) is 13.9. The van der Waals surface area contributed by atoms with E-state index in [2.05, 4.69) is 15.0 Å². The Bertz CT molecular complexity index is 772. The molecule has 9 heteroatoms. The Morgan fingerprint density at radius 1 is 1.19 bits per heavy atom. The van der Waals surface area contributed by atoms with Gasteiger partial charge in [0.15, 0.2) is 6.10 Å². The van der Waals surface area contributed by atoms with E-state index in [1.54, 1.807) is 24.6 Å². The van der Waals surface area contributed by atoms with Crippen molar-refractivity contribution in [3.05, 3.63) is 48.2 Å². The number of nitrogens with one attached hydrogen (secondary N) is 1. The van der Waals surface area contributed by atoms with Gasteiger partial charge in [0, 0.05) is 11.9 Å². The van der Waals surface area contributed by atoms with E-state index < -0.39 is 24.6 Å². The molecule has 138 valence electrons. The van der Waals surface area contributed by atoms with Crippen LogP contribution in [0.4, 0.5) is 14.5 Å². The van der Waals surface area contributed by atoms with Gasteiger partial charge >= 0.3 is 12.6 Å². The number of alkyl halides is 2. The average molecular weight is 382 g/mol. The molecule has 2 rings (SSSR count). The SMILES string of the molecule is CSc1ncccc1C(=O)O[C@@H](C)C(=O)Nc1ccc(OC(F)F)cc1. The van der Waals surface area contributed by atoms with Crippen molar-refractivity contribution in [3.8, 4) is 5.75 Å². The number of esters is 1. The lowest BCUT2D eigenvalue weighted by Crippen LogP contribution is -2.30. The Balaban J connectivity index is 1.95. The van der Waals surface area contributed by atoms with Gasteiger partial charge in [-0.25, -0.2) is 9.78 Å². The summed E-state index contributed by atoms with van der Waals surface area (Å²) < 4.78 is 33.6. The number of carbonyl (C=O) groups is 2. The number of hydrogen-bond donors (Lipinski definition) is 1. The molecule has 0 spiro atoms. The second-order valence-corrected chi connectivity index (χ2v) is 5.79. The highest BCUT2D eigenvalue weighted by atomic mass is 32.2.